The van der Waals surface area contributed by atoms with Gasteiger partial charge in [-0.2, -0.15) is 11.8 Å². The van der Waals surface area contributed by atoms with Gasteiger partial charge in [0.05, 0.1) is 18.8 Å². The molecule has 1 aromatic carbocycles. The highest BCUT2D eigenvalue weighted by atomic mass is 32.2. The molecular weight excluding hydrogens is 260 g/mol. The Morgan fingerprint density at radius 1 is 1.58 bits per heavy atom. The second kappa shape index (κ2) is 6.30. The Kier molecular flexibility index (Phi) is 4.71. The van der Waals surface area contributed by atoms with E-state index in [2.05, 4.69) is 6.92 Å². The molecule has 19 heavy (non-hydrogen) atoms. The maximum Gasteiger partial charge on any atom is 0.129 e. The van der Waals surface area contributed by atoms with Crippen molar-refractivity contribution in [2.75, 3.05) is 13.7 Å². The summed E-state index contributed by atoms with van der Waals surface area (Å²) < 4.78 is 10.8. The number of ether oxygens (including phenoxy) is 2. The molecule has 4 nitrogen and oxygen atoms in total. The summed E-state index contributed by atoms with van der Waals surface area (Å²) >= 11 is 1.90. The fourth-order valence-electron chi connectivity index (χ4n) is 2.19. The molecule has 2 rings (SSSR count). The van der Waals surface area contributed by atoms with Crippen LogP contribution in [-0.2, 0) is 10.5 Å². The van der Waals surface area contributed by atoms with Gasteiger partial charge in [0.2, 0.25) is 0 Å². The topological polar surface area (TPSA) is 68.3 Å². The Bertz CT molecular complexity index is 465. The zero-order valence-corrected chi connectivity index (χ0v) is 12.1. The maximum absolute atomic E-state index is 7.58. The second-order valence-corrected chi connectivity index (χ2v) is 5.89. The number of thioether (sulfide) groups is 1. The molecule has 2 unspecified atom stereocenters. The molecule has 104 valence electrons. The van der Waals surface area contributed by atoms with E-state index in [0.29, 0.717) is 22.7 Å². The first-order valence-corrected chi connectivity index (χ1v) is 7.41. The maximum atomic E-state index is 7.58. The summed E-state index contributed by atoms with van der Waals surface area (Å²) in [5, 5.41) is 8.14. The van der Waals surface area contributed by atoms with Crippen molar-refractivity contribution in [1.82, 2.24) is 0 Å². The summed E-state index contributed by atoms with van der Waals surface area (Å²) in [6.07, 6.45) is 1.44. The highest BCUT2D eigenvalue weighted by Gasteiger charge is 2.24. The van der Waals surface area contributed by atoms with E-state index < -0.39 is 0 Å². The lowest BCUT2D eigenvalue weighted by Crippen LogP contribution is -2.14. The van der Waals surface area contributed by atoms with Crippen molar-refractivity contribution >= 4 is 17.6 Å². The van der Waals surface area contributed by atoms with E-state index in [-0.39, 0.29) is 5.84 Å². The number of methoxy groups -OCH3 is 1. The predicted molar refractivity (Wildman–Crippen MR) is 79.1 cm³/mol. The first-order chi connectivity index (χ1) is 9.11. The Balaban J connectivity index is 2.04. The summed E-state index contributed by atoms with van der Waals surface area (Å²) in [4.78, 5) is 0. The Hall–Kier alpha value is -1.20. The molecule has 0 aromatic heterocycles. The van der Waals surface area contributed by atoms with E-state index in [1.807, 2.05) is 30.0 Å². The van der Waals surface area contributed by atoms with E-state index in [4.69, 9.17) is 20.6 Å². The van der Waals surface area contributed by atoms with Crippen molar-refractivity contribution in [3.8, 4) is 5.75 Å². The molecule has 1 saturated heterocycles. The van der Waals surface area contributed by atoms with Crippen molar-refractivity contribution < 1.29 is 9.47 Å². The number of hydrogen-bond acceptors (Lipinski definition) is 4. The van der Waals surface area contributed by atoms with Gasteiger partial charge in [0.15, 0.2) is 0 Å². The minimum atomic E-state index is 0.0428. The predicted octanol–water partition coefficient (Wildman–Crippen LogP) is 2.39. The zero-order chi connectivity index (χ0) is 13.8. The van der Waals surface area contributed by atoms with Crippen LogP contribution in [0.4, 0.5) is 0 Å². The van der Waals surface area contributed by atoms with E-state index in [1.165, 1.54) is 0 Å². The van der Waals surface area contributed by atoms with Crippen LogP contribution in [0.5, 0.6) is 5.75 Å². The first-order valence-electron chi connectivity index (χ1n) is 6.36. The summed E-state index contributed by atoms with van der Waals surface area (Å²) in [5.74, 6) is 1.60. The van der Waals surface area contributed by atoms with E-state index in [9.17, 15) is 0 Å². The van der Waals surface area contributed by atoms with Crippen LogP contribution in [0, 0.1) is 5.41 Å². The third-order valence-corrected chi connectivity index (χ3v) is 4.87. The van der Waals surface area contributed by atoms with Gasteiger partial charge < -0.3 is 15.2 Å². The van der Waals surface area contributed by atoms with Crippen LogP contribution >= 0.6 is 11.8 Å². The Morgan fingerprint density at radius 3 is 2.95 bits per heavy atom. The fourth-order valence-corrected chi connectivity index (χ4v) is 3.39. The number of nitrogens with one attached hydrogen (secondary N) is 1. The third-order valence-electron chi connectivity index (χ3n) is 3.32. The van der Waals surface area contributed by atoms with Crippen LogP contribution in [0.3, 0.4) is 0 Å². The van der Waals surface area contributed by atoms with Gasteiger partial charge in [0.25, 0.3) is 0 Å². The number of benzene rings is 1. The molecule has 0 spiro atoms. The molecule has 1 aromatic rings. The summed E-state index contributed by atoms with van der Waals surface area (Å²) in [6.45, 7) is 2.99. The van der Waals surface area contributed by atoms with Crippen LogP contribution < -0.4 is 10.5 Å². The smallest absolute Gasteiger partial charge is 0.129 e. The molecule has 3 N–H and O–H groups in total. The normalized spacial score (nSPS) is 22.4. The quantitative estimate of drug-likeness (QED) is 0.642. The highest BCUT2D eigenvalue weighted by molar-refractivity contribution is 7.99. The lowest BCUT2D eigenvalue weighted by Gasteiger charge is -2.14. The molecule has 0 amide bonds. The lowest BCUT2D eigenvalue weighted by atomic mass is 10.1. The number of hydrogen-bond donors (Lipinski definition) is 2. The molecule has 1 heterocycles. The monoisotopic (exact) mass is 280 g/mol. The van der Waals surface area contributed by atoms with Gasteiger partial charge >= 0.3 is 0 Å². The minimum absolute atomic E-state index is 0.0428. The molecule has 2 atom stereocenters. The van der Waals surface area contributed by atoms with Crippen LogP contribution in [0.2, 0.25) is 0 Å². The van der Waals surface area contributed by atoms with Crippen molar-refractivity contribution in [2.45, 2.75) is 30.5 Å². The van der Waals surface area contributed by atoms with Crippen LogP contribution in [-0.4, -0.2) is 30.9 Å². The van der Waals surface area contributed by atoms with Crippen molar-refractivity contribution in [3.05, 3.63) is 29.3 Å². The Morgan fingerprint density at radius 2 is 2.37 bits per heavy atom. The Labute approximate surface area is 118 Å². The van der Waals surface area contributed by atoms with Crippen LogP contribution in [0.1, 0.15) is 24.5 Å². The standard InChI is InChI=1S/C14H20N2O2S/c1-9-13(5-6-18-9)19-8-10-3-4-12(17-2)11(7-10)14(15)16/h3-4,7,9,13H,5-6,8H2,1-2H3,(H3,15,16). The number of nitrogens with two attached hydrogens (primary N) is 1. The molecule has 1 fully saturated rings. The van der Waals surface area contributed by atoms with Gasteiger partial charge in [0, 0.05) is 17.6 Å². The van der Waals surface area contributed by atoms with Gasteiger partial charge in [-0.05, 0) is 31.0 Å². The molecule has 1 aliphatic heterocycles. The second-order valence-electron chi connectivity index (χ2n) is 4.66. The molecular formula is C14H20N2O2S. The molecule has 0 bridgehead atoms. The fraction of sp³-hybridized carbons (Fsp3) is 0.500. The number of nitrogen functional groups attached to an aromatic ring is 1. The molecule has 5 heteroatoms. The number of rotatable bonds is 5. The van der Waals surface area contributed by atoms with Gasteiger partial charge in [0.1, 0.15) is 11.6 Å². The van der Waals surface area contributed by atoms with Crippen LogP contribution in [0.25, 0.3) is 0 Å². The molecule has 1 aliphatic rings. The SMILES string of the molecule is COc1ccc(CSC2CCOC2C)cc1C(=N)N. The minimum Gasteiger partial charge on any atom is -0.496 e. The highest BCUT2D eigenvalue weighted by Crippen LogP contribution is 2.30. The summed E-state index contributed by atoms with van der Waals surface area (Å²) in [5.41, 5.74) is 7.40. The van der Waals surface area contributed by atoms with Gasteiger partial charge in [-0.15, -0.1) is 0 Å². The average molecular weight is 280 g/mol. The third kappa shape index (κ3) is 3.42. The zero-order valence-electron chi connectivity index (χ0n) is 11.3. The summed E-state index contributed by atoms with van der Waals surface area (Å²) in [7, 11) is 1.59. The van der Waals surface area contributed by atoms with E-state index >= 15 is 0 Å². The number of amidine groups is 1. The lowest BCUT2D eigenvalue weighted by molar-refractivity contribution is 0.127. The summed E-state index contributed by atoms with van der Waals surface area (Å²) in [6, 6.07) is 5.84. The van der Waals surface area contributed by atoms with Gasteiger partial charge in [-0.1, -0.05) is 6.07 Å². The molecule has 0 radical (unpaired) electrons. The van der Waals surface area contributed by atoms with Crippen molar-refractivity contribution in [3.63, 3.8) is 0 Å². The van der Waals surface area contributed by atoms with E-state index in [0.717, 1.165) is 24.3 Å². The molecule has 0 saturated carbocycles. The first kappa shape index (κ1) is 14.2. The van der Waals surface area contributed by atoms with Crippen LogP contribution in [0.15, 0.2) is 18.2 Å². The van der Waals surface area contributed by atoms with E-state index in [1.54, 1.807) is 7.11 Å². The van der Waals surface area contributed by atoms with Crippen molar-refractivity contribution in [1.29, 1.82) is 5.41 Å². The van der Waals surface area contributed by atoms with Gasteiger partial charge in [-0.25, -0.2) is 0 Å². The largest absolute Gasteiger partial charge is 0.496 e. The van der Waals surface area contributed by atoms with Gasteiger partial charge in [-0.3, -0.25) is 5.41 Å². The average Bonchev–Trinajstić information content (AvgIpc) is 2.81. The molecule has 0 aliphatic carbocycles. The van der Waals surface area contributed by atoms with Crippen molar-refractivity contribution in [2.24, 2.45) is 5.73 Å².